The van der Waals surface area contributed by atoms with Crippen LogP contribution in [0.4, 0.5) is 0 Å². The van der Waals surface area contributed by atoms with Gasteiger partial charge in [-0.05, 0) is 54.2 Å². The number of ether oxygens (including phenoxy) is 2. The van der Waals surface area contributed by atoms with E-state index in [9.17, 15) is 0 Å². The minimum absolute atomic E-state index is 0.303. The van der Waals surface area contributed by atoms with Crippen molar-refractivity contribution in [2.24, 2.45) is 5.10 Å². The summed E-state index contributed by atoms with van der Waals surface area (Å²) in [6.07, 6.45) is 3.18. The fourth-order valence-corrected chi connectivity index (χ4v) is 3.07. The quantitative estimate of drug-likeness (QED) is 0.429. The van der Waals surface area contributed by atoms with Gasteiger partial charge < -0.3 is 9.47 Å². The lowest BCUT2D eigenvalue weighted by molar-refractivity contribution is 0.297. The number of rotatable bonds is 6. The highest BCUT2D eigenvalue weighted by Crippen LogP contribution is 2.29. The average Bonchev–Trinajstić information content (AvgIpc) is 3.04. The van der Waals surface area contributed by atoms with Crippen LogP contribution in [0.3, 0.4) is 0 Å². The molecule has 0 saturated carbocycles. The van der Waals surface area contributed by atoms with E-state index >= 15 is 0 Å². The lowest BCUT2D eigenvalue weighted by atomic mass is 10.1. The summed E-state index contributed by atoms with van der Waals surface area (Å²) in [5.74, 6) is 1.32. The van der Waals surface area contributed by atoms with E-state index in [-0.39, 0.29) is 0 Å². The van der Waals surface area contributed by atoms with Gasteiger partial charge in [-0.3, -0.25) is 5.10 Å². The Balaban J connectivity index is 1.80. The van der Waals surface area contributed by atoms with Crippen molar-refractivity contribution in [3.05, 3.63) is 68.1 Å². The lowest BCUT2D eigenvalue weighted by Gasteiger charge is -2.12. The normalized spacial score (nSPS) is 11.0. The number of nitrogens with one attached hydrogen (secondary N) is 1. The third-order valence-electron chi connectivity index (χ3n) is 3.45. The molecule has 6 nitrogen and oxygen atoms in total. The van der Waals surface area contributed by atoms with Crippen molar-refractivity contribution >= 4 is 46.0 Å². The summed E-state index contributed by atoms with van der Waals surface area (Å²) in [6.45, 7) is 0.303. The van der Waals surface area contributed by atoms with Crippen molar-refractivity contribution < 1.29 is 9.47 Å². The van der Waals surface area contributed by atoms with Gasteiger partial charge in [-0.15, -0.1) is 0 Å². The second-order valence-electron chi connectivity index (χ2n) is 5.19. The van der Waals surface area contributed by atoms with Crippen LogP contribution in [0.2, 0.25) is 5.02 Å². The van der Waals surface area contributed by atoms with E-state index in [0.717, 1.165) is 21.3 Å². The summed E-state index contributed by atoms with van der Waals surface area (Å²) in [4.78, 5) is 0. The number of aromatic amines is 1. The van der Waals surface area contributed by atoms with Gasteiger partial charge in [0.25, 0.3) is 0 Å². The predicted molar refractivity (Wildman–Crippen MR) is 107 cm³/mol. The van der Waals surface area contributed by atoms with E-state index in [4.69, 9.17) is 33.3 Å². The van der Waals surface area contributed by atoms with Crippen LogP contribution in [0.5, 0.6) is 11.5 Å². The molecule has 0 aliphatic heterocycles. The first kappa shape index (κ1) is 18.6. The first-order valence-electron chi connectivity index (χ1n) is 7.48. The molecule has 0 aliphatic rings. The molecule has 3 rings (SSSR count). The third-order valence-corrected chi connectivity index (χ3v) is 4.52. The molecule has 1 aromatic heterocycles. The number of hydrogen-bond donors (Lipinski definition) is 1. The maximum atomic E-state index is 6.19. The summed E-state index contributed by atoms with van der Waals surface area (Å²) >= 11 is 14.6. The van der Waals surface area contributed by atoms with E-state index in [1.807, 2.05) is 30.3 Å². The molecule has 2 aromatic carbocycles. The number of methoxy groups -OCH3 is 1. The average molecular weight is 454 g/mol. The van der Waals surface area contributed by atoms with Gasteiger partial charge in [0.05, 0.1) is 18.3 Å². The SMILES string of the molecule is COc1ccc(/C=N\n2cn[nH]c2=S)cc1COc1ccc(Br)cc1Cl. The molecule has 134 valence electrons. The Hall–Kier alpha value is -2.16. The molecule has 9 heteroatoms. The molecule has 0 aliphatic carbocycles. The molecule has 0 radical (unpaired) electrons. The van der Waals surface area contributed by atoms with Gasteiger partial charge in [-0.2, -0.15) is 14.9 Å². The number of benzene rings is 2. The Morgan fingerprint density at radius 2 is 2.12 bits per heavy atom. The summed E-state index contributed by atoms with van der Waals surface area (Å²) < 4.78 is 14.0. The largest absolute Gasteiger partial charge is 0.496 e. The van der Waals surface area contributed by atoms with Crippen LogP contribution in [0.25, 0.3) is 0 Å². The van der Waals surface area contributed by atoms with E-state index in [2.05, 4.69) is 31.2 Å². The second kappa shape index (κ2) is 8.48. The second-order valence-corrected chi connectivity index (χ2v) is 6.89. The Labute approximate surface area is 168 Å². The smallest absolute Gasteiger partial charge is 0.216 e. The van der Waals surface area contributed by atoms with E-state index < -0.39 is 0 Å². The minimum Gasteiger partial charge on any atom is -0.496 e. The lowest BCUT2D eigenvalue weighted by Crippen LogP contribution is -2.01. The van der Waals surface area contributed by atoms with Gasteiger partial charge >= 0.3 is 0 Å². The molecule has 0 atom stereocenters. The van der Waals surface area contributed by atoms with Gasteiger partial charge in [0, 0.05) is 10.0 Å². The molecular weight excluding hydrogens is 440 g/mol. The van der Waals surface area contributed by atoms with Crippen molar-refractivity contribution in [2.45, 2.75) is 6.61 Å². The van der Waals surface area contributed by atoms with Gasteiger partial charge in [-0.1, -0.05) is 27.5 Å². The summed E-state index contributed by atoms with van der Waals surface area (Å²) in [6, 6.07) is 11.1. The van der Waals surface area contributed by atoms with Crippen LogP contribution in [0, 0.1) is 4.77 Å². The van der Waals surface area contributed by atoms with Crippen LogP contribution in [-0.4, -0.2) is 28.2 Å². The Bertz CT molecular complexity index is 1000. The Kier molecular flexibility index (Phi) is 6.08. The number of nitrogens with zero attached hydrogens (tertiary/aromatic N) is 3. The molecular formula is C17H14BrClN4O2S. The highest BCUT2D eigenvalue weighted by atomic mass is 79.9. The molecule has 26 heavy (non-hydrogen) atoms. The van der Waals surface area contributed by atoms with Crippen LogP contribution in [0.15, 0.2) is 52.3 Å². The Morgan fingerprint density at radius 1 is 1.31 bits per heavy atom. The molecule has 1 N–H and O–H groups in total. The summed E-state index contributed by atoms with van der Waals surface area (Å²) in [7, 11) is 1.62. The van der Waals surface area contributed by atoms with Crippen molar-refractivity contribution in [1.29, 1.82) is 0 Å². The summed E-state index contributed by atoms with van der Waals surface area (Å²) in [5, 5.41) is 11.3. The topological polar surface area (TPSA) is 64.4 Å². The fourth-order valence-electron chi connectivity index (χ4n) is 2.19. The van der Waals surface area contributed by atoms with Crippen LogP contribution < -0.4 is 9.47 Å². The third kappa shape index (κ3) is 4.51. The molecule has 0 fully saturated rings. The van der Waals surface area contributed by atoms with Gasteiger partial charge in [0.15, 0.2) is 0 Å². The zero-order chi connectivity index (χ0) is 18.5. The van der Waals surface area contributed by atoms with Gasteiger partial charge in [-0.25, -0.2) is 0 Å². The standard InChI is InChI=1S/C17H14BrClN4O2S/c1-24-15-4-2-11(8-21-23-10-20-22-17(23)26)6-12(15)9-25-16-5-3-13(18)7-14(16)19/h2-8,10H,9H2,1H3,(H,22,26)/b21-8-. The Morgan fingerprint density at radius 3 is 2.81 bits per heavy atom. The number of aromatic nitrogens is 3. The van der Waals surface area contributed by atoms with Crippen LogP contribution >= 0.6 is 39.7 Å². The van der Waals surface area contributed by atoms with E-state index in [1.54, 1.807) is 19.4 Å². The number of H-pyrrole nitrogens is 1. The molecule has 0 spiro atoms. The first-order valence-corrected chi connectivity index (χ1v) is 9.06. The molecule has 0 unspecified atom stereocenters. The number of hydrogen-bond acceptors (Lipinski definition) is 5. The molecule has 0 bridgehead atoms. The molecule has 3 aromatic rings. The maximum Gasteiger partial charge on any atom is 0.216 e. The van der Waals surface area contributed by atoms with Crippen molar-refractivity contribution in [2.75, 3.05) is 7.11 Å². The maximum absolute atomic E-state index is 6.19. The monoisotopic (exact) mass is 452 g/mol. The zero-order valence-electron chi connectivity index (χ0n) is 13.6. The van der Waals surface area contributed by atoms with E-state index in [1.165, 1.54) is 11.0 Å². The van der Waals surface area contributed by atoms with Crippen molar-refractivity contribution in [3.8, 4) is 11.5 Å². The van der Waals surface area contributed by atoms with Crippen LogP contribution in [0.1, 0.15) is 11.1 Å². The highest BCUT2D eigenvalue weighted by molar-refractivity contribution is 9.10. The van der Waals surface area contributed by atoms with E-state index in [0.29, 0.717) is 22.2 Å². The fraction of sp³-hybridized carbons (Fsp3) is 0.118. The zero-order valence-corrected chi connectivity index (χ0v) is 16.8. The summed E-state index contributed by atoms with van der Waals surface area (Å²) in [5.41, 5.74) is 1.74. The van der Waals surface area contributed by atoms with Gasteiger partial charge in [0.1, 0.15) is 24.4 Å². The molecule has 0 amide bonds. The molecule has 0 saturated heterocycles. The highest BCUT2D eigenvalue weighted by Gasteiger charge is 2.08. The molecule has 1 heterocycles. The number of halogens is 2. The van der Waals surface area contributed by atoms with Crippen LogP contribution in [-0.2, 0) is 6.61 Å². The first-order chi connectivity index (χ1) is 12.6. The van der Waals surface area contributed by atoms with Gasteiger partial charge in [0.2, 0.25) is 4.77 Å². The van der Waals surface area contributed by atoms with Crippen molar-refractivity contribution in [3.63, 3.8) is 0 Å². The van der Waals surface area contributed by atoms with Crippen molar-refractivity contribution in [1.82, 2.24) is 14.9 Å². The predicted octanol–water partition coefficient (Wildman–Crippen LogP) is 4.83. The minimum atomic E-state index is 0.303.